The van der Waals surface area contributed by atoms with Gasteiger partial charge in [0, 0.05) is 17.0 Å². The summed E-state index contributed by atoms with van der Waals surface area (Å²) >= 11 is 0. The van der Waals surface area contributed by atoms with E-state index in [2.05, 4.69) is 51.7 Å². The topological polar surface area (TPSA) is 66.2 Å². The Morgan fingerprint density at radius 1 is 0.929 bits per heavy atom. The van der Waals surface area contributed by atoms with Gasteiger partial charge in [-0.1, -0.05) is 54.1 Å². The summed E-state index contributed by atoms with van der Waals surface area (Å²) in [6.45, 7) is 2.07. The fourth-order valence-electron chi connectivity index (χ4n) is 3.19. The van der Waals surface area contributed by atoms with Crippen molar-refractivity contribution in [2.24, 2.45) is 5.10 Å². The Kier molecular flexibility index (Phi) is 3.91. The van der Waals surface area contributed by atoms with E-state index in [1.807, 2.05) is 54.6 Å². The molecule has 0 aliphatic heterocycles. The number of nitrogens with one attached hydrogen (secondary N) is 2. The maximum atomic E-state index is 6.12. The molecule has 0 atom stereocenters. The van der Waals surface area contributed by atoms with Crippen molar-refractivity contribution in [1.82, 2.24) is 9.97 Å². The van der Waals surface area contributed by atoms with Crippen LogP contribution in [0.25, 0.3) is 33.3 Å². The van der Waals surface area contributed by atoms with E-state index >= 15 is 0 Å². The molecule has 0 amide bonds. The van der Waals surface area contributed by atoms with Crippen molar-refractivity contribution in [3.8, 4) is 11.3 Å². The van der Waals surface area contributed by atoms with Gasteiger partial charge < -0.3 is 9.40 Å². The van der Waals surface area contributed by atoms with E-state index in [1.54, 1.807) is 0 Å². The molecule has 5 nitrogen and oxygen atoms in total. The van der Waals surface area contributed by atoms with E-state index < -0.39 is 0 Å². The number of fused-ring (bicyclic) bond motifs is 2. The molecule has 0 bridgehead atoms. The number of aromatic amines is 1. The SMILES string of the molecule is Cc1ccc(-c2c/c(=N/Nc3nc4ccccc4[nH]3)c3ccccc3o2)cc1. The Labute approximate surface area is 161 Å². The summed E-state index contributed by atoms with van der Waals surface area (Å²) in [7, 11) is 0. The molecule has 0 fully saturated rings. The molecule has 136 valence electrons. The van der Waals surface area contributed by atoms with Gasteiger partial charge in [0.05, 0.1) is 16.4 Å². The highest BCUT2D eigenvalue weighted by Gasteiger charge is 2.06. The molecule has 0 aliphatic rings. The standard InChI is InChI=1S/C23H18N4O/c1-15-10-12-16(13-11-15)22-14-20(17-6-2-5-9-21(17)28-22)26-27-23-24-18-7-3-4-8-19(18)25-23/h2-14H,1H3,(H2,24,25,27)/b26-20-. The summed E-state index contributed by atoms with van der Waals surface area (Å²) in [5, 5.41) is 6.32. The van der Waals surface area contributed by atoms with Gasteiger partial charge in [-0.25, -0.2) is 10.4 Å². The molecule has 2 N–H and O–H groups in total. The van der Waals surface area contributed by atoms with E-state index in [4.69, 9.17) is 4.42 Å². The number of hydrogen-bond acceptors (Lipinski definition) is 4. The molecule has 28 heavy (non-hydrogen) atoms. The third-order valence-corrected chi connectivity index (χ3v) is 4.66. The van der Waals surface area contributed by atoms with Gasteiger partial charge in [-0.3, -0.25) is 0 Å². The van der Waals surface area contributed by atoms with Crippen molar-refractivity contribution < 1.29 is 4.42 Å². The zero-order valence-electron chi connectivity index (χ0n) is 15.3. The van der Waals surface area contributed by atoms with E-state index in [0.29, 0.717) is 5.95 Å². The van der Waals surface area contributed by atoms with Crippen molar-refractivity contribution >= 4 is 28.0 Å². The quantitative estimate of drug-likeness (QED) is 0.431. The number of imidazole rings is 1. The number of aryl methyl sites for hydroxylation is 1. The second-order valence-electron chi connectivity index (χ2n) is 6.68. The lowest BCUT2D eigenvalue weighted by Gasteiger charge is -2.05. The van der Waals surface area contributed by atoms with Crippen LogP contribution in [0.5, 0.6) is 0 Å². The molecule has 0 saturated carbocycles. The predicted molar refractivity (Wildman–Crippen MR) is 112 cm³/mol. The Hall–Kier alpha value is -3.86. The average molecular weight is 366 g/mol. The Bertz CT molecular complexity index is 1310. The van der Waals surface area contributed by atoms with Gasteiger partial charge in [0.2, 0.25) is 5.95 Å². The zero-order valence-corrected chi connectivity index (χ0v) is 15.3. The van der Waals surface area contributed by atoms with Crippen LogP contribution < -0.4 is 10.8 Å². The first kappa shape index (κ1) is 16.3. The smallest absolute Gasteiger partial charge is 0.222 e. The highest BCUT2D eigenvalue weighted by Crippen LogP contribution is 2.22. The summed E-state index contributed by atoms with van der Waals surface area (Å²) in [5.41, 5.74) is 7.91. The number of aromatic nitrogens is 2. The Morgan fingerprint density at radius 3 is 2.57 bits per heavy atom. The molecule has 5 aromatic rings. The summed E-state index contributed by atoms with van der Waals surface area (Å²) in [4.78, 5) is 7.74. The van der Waals surface area contributed by atoms with Gasteiger partial charge in [-0.05, 0) is 31.2 Å². The van der Waals surface area contributed by atoms with Crippen LogP contribution in [0.4, 0.5) is 5.95 Å². The van der Waals surface area contributed by atoms with Crippen LogP contribution in [0.3, 0.4) is 0 Å². The van der Waals surface area contributed by atoms with Gasteiger partial charge in [-0.15, -0.1) is 0 Å². The first-order chi connectivity index (χ1) is 13.8. The number of benzene rings is 3. The van der Waals surface area contributed by atoms with Crippen molar-refractivity contribution in [2.75, 3.05) is 5.43 Å². The predicted octanol–water partition coefficient (Wildman–Crippen LogP) is 5.21. The van der Waals surface area contributed by atoms with E-state index in [1.165, 1.54) is 5.56 Å². The summed E-state index contributed by atoms with van der Waals surface area (Å²) in [6.07, 6.45) is 0. The average Bonchev–Trinajstić information content (AvgIpc) is 3.15. The van der Waals surface area contributed by atoms with E-state index in [9.17, 15) is 0 Å². The van der Waals surface area contributed by atoms with E-state index in [-0.39, 0.29) is 0 Å². The fourth-order valence-corrected chi connectivity index (χ4v) is 3.19. The minimum absolute atomic E-state index is 0.600. The van der Waals surface area contributed by atoms with Gasteiger partial charge >= 0.3 is 0 Å². The first-order valence-corrected chi connectivity index (χ1v) is 9.11. The molecule has 0 radical (unpaired) electrons. The van der Waals surface area contributed by atoms with Crippen LogP contribution in [0, 0.1) is 6.92 Å². The lowest BCUT2D eigenvalue weighted by molar-refractivity contribution is 0.618. The number of nitrogens with zero attached hydrogens (tertiary/aromatic N) is 2. The fraction of sp³-hybridized carbons (Fsp3) is 0.0435. The third-order valence-electron chi connectivity index (χ3n) is 4.66. The lowest BCUT2D eigenvalue weighted by atomic mass is 10.1. The lowest BCUT2D eigenvalue weighted by Crippen LogP contribution is -2.07. The number of para-hydroxylation sites is 3. The first-order valence-electron chi connectivity index (χ1n) is 9.11. The minimum atomic E-state index is 0.600. The highest BCUT2D eigenvalue weighted by atomic mass is 16.3. The van der Waals surface area contributed by atoms with Gasteiger partial charge in [0.15, 0.2) is 0 Å². The largest absolute Gasteiger partial charge is 0.456 e. The summed E-state index contributed by atoms with van der Waals surface area (Å²) < 4.78 is 6.12. The molecule has 0 unspecified atom stereocenters. The van der Waals surface area contributed by atoms with Gasteiger partial charge in [0.1, 0.15) is 11.3 Å². The second-order valence-corrected chi connectivity index (χ2v) is 6.68. The third kappa shape index (κ3) is 3.03. The van der Waals surface area contributed by atoms with E-state index in [0.717, 1.165) is 38.7 Å². The van der Waals surface area contributed by atoms with Crippen molar-refractivity contribution in [3.05, 3.63) is 89.8 Å². The molecule has 5 heteroatoms. The molecule has 0 spiro atoms. The maximum Gasteiger partial charge on any atom is 0.222 e. The molecule has 3 aromatic carbocycles. The van der Waals surface area contributed by atoms with Gasteiger partial charge in [-0.2, -0.15) is 5.10 Å². The number of hydrogen-bond donors (Lipinski definition) is 2. The van der Waals surface area contributed by atoms with Crippen LogP contribution in [-0.4, -0.2) is 9.97 Å². The molecular formula is C23H18N4O. The second kappa shape index (κ2) is 6.70. The van der Waals surface area contributed by atoms with Crippen molar-refractivity contribution in [1.29, 1.82) is 0 Å². The van der Waals surface area contributed by atoms with Crippen LogP contribution in [0.2, 0.25) is 0 Å². The molecule has 0 saturated heterocycles. The Morgan fingerprint density at radius 2 is 1.71 bits per heavy atom. The maximum absolute atomic E-state index is 6.12. The molecule has 2 aromatic heterocycles. The van der Waals surface area contributed by atoms with Crippen LogP contribution in [-0.2, 0) is 0 Å². The van der Waals surface area contributed by atoms with Crippen LogP contribution in [0.15, 0.2) is 88.4 Å². The summed E-state index contributed by atoms with van der Waals surface area (Å²) in [5.74, 6) is 1.37. The van der Waals surface area contributed by atoms with Gasteiger partial charge in [0.25, 0.3) is 0 Å². The molecule has 2 heterocycles. The van der Waals surface area contributed by atoms with Crippen molar-refractivity contribution in [2.45, 2.75) is 6.92 Å². The normalized spacial score (nSPS) is 12.0. The minimum Gasteiger partial charge on any atom is -0.456 e. The summed E-state index contributed by atoms with van der Waals surface area (Å²) in [6, 6.07) is 26.0. The molecular weight excluding hydrogens is 348 g/mol. The molecule has 5 rings (SSSR count). The van der Waals surface area contributed by atoms with Crippen LogP contribution in [0.1, 0.15) is 5.56 Å². The zero-order chi connectivity index (χ0) is 18.9. The monoisotopic (exact) mass is 366 g/mol. The number of H-pyrrole nitrogens is 1. The Balaban J connectivity index is 1.62. The van der Waals surface area contributed by atoms with Crippen molar-refractivity contribution in [3.63, 3.8) is 0 Å². The molecule has 0 aliphatic carbocycles. The number of anilines is 1. The highest BCUT2D eigenvalue weighted by molar-refractivity contribution is 5.79. The number of rotatable bonds is 3. The van der Waals surface area contributed by atoms with Crippen LogP contribution >= 0.6 is 0 Å².